The van der Waals surface area contributed by atoms with Crippen molar-refractivity contribution in [3.8, 4) is 0 Å². The first-order valence-corrected chi connectivity index (χ1v) is 11.5. The maximum absolute atomic E-state index is 12.7. The molecule has 6 nitrogen and oxygen atoms in total. The second-order valence-electron chi connectivity index (χ2n) is 7.43. The molecule has 0 spiro atoms. The van der Waals surface area contributed by atoms with E-state index >= 15 is 0 Å². The van der Waals surface area contributed by atoms with Crippen molar-refractivity contribution in [2.45, 2.75) is 32.2 Å². The number of piperazine rings is 1. The minimum absolute atomic E-state index is 0.0471. The maximum atomic E-state index is 12.7. The van der Waals surface area contributed by atoms with Crippen LogP contribution in [0.15, 0.2) is 28.4 Å². The summed E-state index contributed by atoms with van der Waals surface area (Å²) < 4.78 is 1.82. The van der Waals surface area contributed by atoms with E-state index in [0.29, 0.717) is 19.6 Å². The molecule has 0 atom stereocenters. The van der Waals surface area contributed by atoms with E-state index in [4.69, 9.17) is 4.98 Å². The molecule has 0 unspecified atom stereocenters. The Bertz CT molecular complexity index is 1060. The SMILES string of the molecule is O=C(c1cccs1)N1CCN(Cc2cc(=O)n3c4c(sc3n2)CCCC4)CC1. The Labute approximate surface area is 171 Å². The Hall–Kier alpha value is -2.03. The van der Waals surface area contributed by atoms with Gasteiger partial charge in [0, 0.05) is 49.4 Å². The second kappa shape index (κ2) is 7.42. The fourth-order valence-electron chi connectivity index (χ4n) is 4.12. The highest BCUT2D eigenvalue weighted by Crippen LogP contribution is 2.28. The number of fused-ring (bicyclic) bond motifs is 3. The molecule has 1 aliphatic heterocycles. The molecule has 0 radical (unpaired) electrons. The van der Waals surface area contributed by atoms with Crippen LogP contribution in [0.3, 0.4) is 0 Å². The Morgan fingerprint density at radius 3 is 2.75 bits per heavy atom. The summed E-state index contributed by atoms with van der Waals surface area (Å²) in [6.45, 7) is 3.70. The lowest BCUT2D eigenvalue weighted by Gasteiger charge is -2.34. The van der Waals surface area contributed by atoms with Gasteiger partial charge in [0.15, 0.2) is 4.96 Å². The monoisotopic (exact) mass is 414 g/mol. The number of thiophene rings is 1. The van der Waals surface area contributed by atoms with Crippen LogP contribution in [0.4, 0.5) is 0 Å². The van der Waals surface area contributed by atoms with Crippen molar-refractivity contribution < 1.29 is 4.79 Å². The molecule has 3 aromatic rings. The topological polar surface area (TPSA) is 57.9 Å². The first-order valence-electron chi connectivity index (χ1n) is 9.77. The second-order valence-corrected chi connectivity index (χ2v) is 9.44. The third kappa shape index (κ3) is 3.29. The predicted molar refractivity (Wildman–Crippen MR) is 111 cm³/mol. The molecule has 0 saturated carbocycles. The first kappa shape index (κ1) is 18.0. The van der Waals surface area contributed by atoms with Crippen molar-refractivity contribution in [1.82, 2.24) is 19.2 Å². The molecule has 0 N–H and O–H groups in total. The third-order valence-electron chi connectivity index (χ3n) is 5.59. The van der Waals surface area contributed by atoms with E-state index in [2.05, 4.69) is 4.90 Å². The van der Waals surface area contributed by atoms with Crippen LogP contribution in [0.1, 0.15) is 38.8 Å². The zero-order valence-corrected chi connectivity index (χ0v) is 17.2. The van der Waals surface area contributed by atoms with E-state index in [9.17, 15) is 9.59 Å². The van der Waals surface area contributed by atoms with Gasteiger partial charge in [0.2, 0.25) is 0 Å². The minimum Gasteiger partial charge on any atom is -0.335 e. The van der Waals surface area contributed by atoms with Crippen LogP contribution in [0.25, 0.3) is 4.96 Å². The van der Waals surface area contributed by atoms with Crippen LogP contribution < -0.4 is 5.56 Å². The van der Waals surface area contributed by atoms with E-state index in [0.717, 1.165) is 47.9 Å². The standard InChI is InChI=1S/C20H22N4O2S2/c25-18-12-14(21-20-24(18)15-4-1-2-5-16(15)28-20)13-22-7-9-23(10-8-22)19(26)17-6-3-11-27-17/h3,6,11-12H,1-2,4-5,7-10,13H2. The Balaban J connectivity index is 1.29. The highest BCUT2D eigenvalue weighted by Gasteiger charge is 2.24. The minimum atomic E-state index is 0.0471. The number of amides is 1. The maximum Gasteiger partial charge on any atom is 0.264 e. The summed E-state index contributed by atoms with van der Waals surface area (Å²) in [6.07, 6.45) is 4.41. The molecular formula is C20H22N4O2S2. The molecule has 1 fully saturated rings. The van der Waals surface area contributed by atoms with E-state index in [1.165, 1.54) is 28.3 Å². The fraction of sp³-hybridized carbons (Fsp3) is 0.450. The lowest BCUT2D eigenvalue weighted by atomic mass is 10.0. The molecule has 28 heavy (non-hydrogen) atoms. The molecule has 4 heterocycles. The van der Waals surface area contributed by atoms with Crippen LogP contribution in [-0.2, 0) is 19.4 Å². The lowest BCUT2D eigenvalue weighted by Crippen LogP contribution is -2.48. The molecule has 1 amide bonds. The van der Waals surface area contributed by atoms with Gasteiger partial charge in [0.05, 0.1) is 10.6 Å². The van der Waals surface area contributed by atoms with Crippen molar-refractivity contribution >= 4 is 33.5 Å². The molecule has 1 aliphatic carbocycles. The van der Waals surface area contributed by atoms with Crippen molar-refractivity contribution in [1.29, 1.82) is 0 Å². The lowest BCUT2D eigenvalue weighted by molar-refractivity contribution is 0.0632. The number of hydrogen-bond acceptors (Lipinski definition) is 6. The largest absolute Gasteiger partial charge is 0.335 e. The molecule has 146 valence electrons. The summed E-state index contributed by atoms with van der Waals surface area (Å²) >= 11 is 3.17. The molecule has 0 aromatic carbocycles. The average molecular weight is 415 g/mol. The highest BCUT2D eigenvalue weighted by molar-refractivity contribution is 7.17. The van der Waals surface area contributed by atoms with Gasteiger partial charge in [-0.1, -0.05) is 6.07 Å². The van der Waals surface area contributed by atoms with Crippen molar-refractivity contribution in [3.05, 3.63) is 55.1 Å². The molecular weight excluding hydrogens is 392 g/mol. The smallest absolute Gasteiger partial charge is 0.264 e. The van der Waals surface area contributed by atoms with Crippen LogP contribution in [0.2, 0.25) is 0 Å². The highest BCUT2D eigenvalue weighted by atomic mass is 32.1. The number of carbonyl (C=O) groups excluding carboxylic acids is 1. The number of nitrogens with zero attached hydrogens (tertiary/aromatic N) is 4. The zero-order valence-electron chi connectivity index (χ0n) is 15.6. The summed E-state index contributed by atoms with van der Waals surface area (Å²) in [5.41, 5.74) is 2.06. The number of rotatable bonds is 3. The van der Waals surface area contributed by atoms with Gasteiger partial charge in [-0.25, -0.2) is 4.98 Å². The van der Waals surface area contributed by atoms with E-state index < -0.39 is 0 Å². The normalized spacial score (nSPS) is 17.8. The Morgan fingerprint density at radius 1 is 1.14 bits per heavy atom. The predicted octanol–water partition coefficient (Wildman–Crippen LogP) is 2.65. The van der Waals surface area contributed by atoms with Gasteiger partial charge >= 0.3 is 0 Å². The molecule has 3 aromatic heterocycles. The van der Waals surface area contributed by atoms with E-state index in [1.54, 1.807) is 17.4 Å². The van der Waals surface area contributed by atoms with Crippen LogP contribution in [0.5, 0.6) is 0 Å². The Kier molecular flexibility index (Phi) is 4.78. The van der Waals surface area contributed by atoms with E-state index in [1.807, 2.05) is 26.8 Å². The number of thiazole rings is 1. The fourth-order valence-corrected chi connectivity index (χ4v) is 6.04. The molecule has 1 saturated heterocycles. The molecule has 8 heteroatoms. The molecule has 2 aliphatic rings. The van der Waals surface area contributed by atoms with Crippen molar-refractivity contribution in [2.24, 2.45) is 0 Å². The number of aryl methyl sites for hydroxylation is 2. The third-order valence-corrected chi connectivity index (χ3v) is 7.59. The van der Waals surface area contributed by atoms with Gasteiger partial charge < -0.3 is 4.90 Å². The number of hydrogen-bond donors (Lipinski definition) is 0. The molecule has 0 bridgehead atoms. The van der Waals surface area contributed by atoms with Gasteiger partial charge in [-0.15, -0.1) is 22.7 Å². The molecule has 5 rings (SSSR count). The zero-order chi connectivity index (χ0) is 19.1. The quantitative estimate of drug-likeness (QED) is 0.661. The van der Waals surface area contributed by atoms with Crippen LogP contribution >= 0.6 is 22.7 Å². The van der Waals surface area contributed by atoms with Crippen molar-refractivity contribution in [2.75, 3.05) is 26.2 Å². The van der Waals surface area contributed by atoms with Gasteiger partial charge in [-0.2, -0.15) is 0 Å². The van der Waals surface area contributed by atoms with Gasteiger partial charge in [-0.3, -0.25) is 18.9 Å². The van der Waals surface area contributed by atoms with Crippen LogP contribution in [-0.4, -0.2) is 51.3 Å². The summed E-state index contributed by atoms with van der Waals surface area (Å²) in [5, 5.41) is 1.94. The first-order chi connectivity index (χ1) is 13.7. The number of carbonyl (C=O) groups is 1. The summed E-state index contributed by atoms with van der Waals surface area (Å²) in [5.74, 6) is 0.122. The van der Waals surface area contributed by atoms with Gasteiger partial charge in [0.25, 0.3) is 11.5 Å². The van der Waals surface area contributed by atoms with E-state index in [-0.39, 0.29) is 11.5 Å². The van der Waals surface area contributed by atoms with Gasteiger partial charge in [0.1, 0.15) is 0 Å². The average Bonchev–Trinajstić information content (AvgIpc) is 3.36. The number of aromatic nitrogens is 2. The Morgan fingerprint density at radius 2 is 1.96 bits per heavy atom. The summed E-state index contributed by atoms with van der Waals surface area (Å²) in [6, 6.07) is 5.49. The van der Waals surface area contributed by atoms with Crippen LogP contribution in [0, 0.1) is 0 Å². The van der Waals surface area contributed by atoms with Crippen molar-refractivity contribution in [3.63, 3.8) is 0 Å². The summed E-state index contributed by atoms with van der Waals surface area (Å²) in [7, 11) is 0. The van der Waals surface area contributed by atoms with Gasteiger partial charge in [-0.05, 0) is 37.1 Å². The summed E-state index contributed by atoms with van der Waals surface area (Å²) in [4.78, 5) is 37.1.